The van der Waals surface area contributed by atoms with Gasteiger partial charge in [0, 0.05) is 23.9 Å². The molecule has 0 radical (unpaired) electrons. The predicted molar refractivity (Wildman–Crippen MR) is 97.6 cm³/mol. The molecule has 0 bridgehead atoms. The van der Waals surface area contributed by atoms with E-state index in [1.165, 1.54) is 19.4 Å². The van der Waals surface area contributed by atoms with E-state index in [-0.39, 0.29) is 11.7 Å². The second-order valence-electron chi connectivity index (χ2n) is 5.54. The number of phenolic OH excluding ortho intramolecular Hbond substituents is 1. The van der Waals surface area contributed by atoms with E-state index in [1.54, 1.807) is 36.8 Å². The van der Waals surface area contributed by atoms with Crippen LogP contribution in [0.3, 0.4) is 0 Å². The molecule has 2 aromatic carbocycles. The molecule has 1 amide bonds. The van der Waals surface area contributed by atoms with Crippen molar-refractivity contribution in [3.05, 3.63) is 77.4 Å². The van der Waals surface area contributed by atoms with Crippen LogP contribution in [0.25, 0.3) is 0 Å². The molecule has 26 heavy (non-hydrogen) atoms. The van der Waals surface area contributed by atoms with Crippen molar-refractivity contribution in [2.75, 3.05) is 7.11 Å². The summed E-state index contributed by atoms with van der Waals surface area (Å²) in [5, 5.41) is 13.7. The number of benzene rings is 2. The molecule has 3 aromatic rings. The number of nitrogens with one attached hydrogen (secondary N) is 2. The Bertz CT molecular complexity index is 920. The Balaban J connectivity index is 1.69. The number of amides is 1. The fourth-order valence-corrected chi connectivity index (χ4v) is 2.50. The molecule has 7 nitrogen and oxygen atoms in total. The Labute approximate surface area is 150 Å². The van der Waals surface area contributed by atoms with Crippen LogP contribution in [0.4, 0.5) is 0 Å². The van der Waals surface area contributed by atoms with E-state index >= 15 is 0 Å². The van der Waals surface area contributed by atoms with Gasteiger partial charge in [0.15, 0.2) is 11.5 Å². The van der Waals surface area contributed by atoms with Gasteiger partial charge >= 0.3 is 0 Å². The fourth-order valence-electron chi connectivity index (χ4n) is 2.50. The highest BCUT2D eigenvalue weighted by molar-refractivity contribution is 5.96. The van der Waals surface area contributed by atoms with Crippen LogP contribution >= 0.6 is 0 Å². The number of imidazole rings is 1. The van der Waals surface area contributed by atoms with Gasteiger partial charge in [-0.2, -0.15) is 5.10 Å². The monoisotopic (exact) mass is 350 g/mol. The van der Waals surface area contributed by atoms with Gasteiger partial charge in [-0.1, -0.05) is 18.2 Å². The van der Waals surface area contributed by atoms with E-state index in [4.69, 9.17) is 4.74 Å². The molecule has 0 fully saturated rings. The highest BCUT2D eigenvalue weighted by Crippen LogP contribution is 2.25. The number of aromatic amines is 1. The number of carbonyl (C=O) groups excluding carboxylic acids is 1. The number of hydrazone groups is 1. The number of methoxy groups -OCH3 is 1. The molecule has 132 valence electrons. The Morgan fingerprint density at radius 1 is 1.35 bits per heavy atom. The summed E-state index contributed by atoms with van der Waals surface area (Å²) in [7, 11) is 1.48. The maximum Gasteiger partial charge on any atom is 0.271 e. The van der Waals surface area contributed by atoms with Gasteiger partial charge in [-0.05, 0) is 35.4 Å². The summed E-state index contributed by atoms with van der Waals surface area (Å²) < 4.78 is 4.99. The van der Waals surface area contributed by atoms with Crippen molar-refractivity contribution >= 4 is 12.1 Å². The average Bonchev–Trinajstić information content (AvgIpc) is 3.15. The molecule has 3 N–H and O–H groups in total. The fraction of sp³-hybridized carbons (Fsp3) is 0.105. The molecular weight excluding hydrogens is 332 g/mol. The zero-order valence-electron chi connectivity index (χ0n) is 14.1. The van der Waals surface area contributed by atoms with Gasteiger partial charge in [0.25, 0.3) is 5.91 Å². The first-order valence-corrected chi connectivity index (χ1v) is 7.93. The Morgan fingerprint density at radius 3 is 2.92 bits per heavy atom. The topological polar surface area (TPSA) is 99.6 Å². The smallest absolute Gasteiger partial charge is 0.271 e. The first-order chi connectivity index (χ1) is 12.7. The van der Waals surface area contributed by atoms with Crippen LogP contribution in [0.2, 0.25) is 0 Å². The lowest BCUT2D eigenvalue weighted by molar-refractivity contribution is 0.0954. The van der Waals surface area contributed by atoms with Crippen LogP contribution in [-0.4, -0.2) is 34.3 Å². The molecule has 0 saturated carbocycles. The summed E-state index contributed by atoms with van der Waals surface area (Å²) in [5.41, 5.74) is 5.47. The van der Waals surface area contributed by atoms with Crippen LogP contribution in [0.5, 0.6) is 11.5 Å². The number of rotatable bonds is 6. The standard InChI is InChI=1S/C19H18N4O3/c1-26-18-7-6-13(8-17(18)24)10-22-23-19(25)16-5-3-2-4-14(16)9-15-11-20-12-21-15/h2-8,10-12,24H,9H2,1H3,(H,20,21)(H,23,25)/b22-10-. The SMILES string of the molecule is COc1ccc(/C=N\NC(=O)c2ccccc2Cc2cnc[nH]2)cc1O. The summed E-state index contributed by atoms with van der Waals surface area (Å²) in [4.78, 5) is 19.4. The maximum absolute atomic E-state index is 12.4. The van der Waals surface area contributed by atoms with Crippen LogP contribution in [0, 0.1) is 0 Å². The van der Waals surface area contributed by atoms with Crippen molar-refractivity contribution in [2.24, 2.45) is 5.10 Å². The van der Waals surface area contributed by atoms with E-state index in [1.807, 2.05) is 12.1 Å². The summed E-state index contributed by atoms with van der Waals surface area (Å²) in [6, 6.07) is 12.2. The summed E-state index contributed by atoms with van der Waals surface area (Å²) in [6.07, 6.45) is 5.35. The highest BCUT2D eigenvalue weighted by atomic mass is 16.5. The zero-order chi connectivity index (χ0) is 18.4. The molecule has 1 aromatic heterocycles. The van der Waals surface area contributed by atoms with Gasteiger partial charge in [0.1, 0.15) is 0 Å². The summed E-state index contributed by atoms with van der Waals surface area (Å²) >= 11 is 0. The lowest BCUT2D eigenvalue weighted by Gasteiger charge is -2.07. The number of hydrogen-bond acceptors (Lipinski definition) is 5. The van der Waals surface area contributed by atoms with Crippen molar-refractivity contribution in [1.29, 1.82) is 0 Å². The number of aromatic nitrogens is 2. The first-order valence-electron chi connectivity index (χ1n) is 7.93. The van der Waals surface area contributed by atoms with Crippen molar-refractivity contribution in [2.45, 2.75) is 6.42 Å². The quantitative estimate of drug-likeness (QED) is 0.470. The summed E-state index contributed by atoms with van der Waals surface area (Å²) in [5.74, 6) is 0.0701. The van der Waals surface area contributed by atoms with Crippen molar-refractivity contribution in [3.63, 3.8) is 0 Å². The number of aromatic hydroxyl groups is 1. The Morgan fingerprint density at radius 2 is 2.19 bits per heavy atom. The van der Waals surface area contributed by atoms with Gasteiger partial charge in [0.2, 0.25) is 0 Å². The minimum atomic E-state index is -0.311. The minimum Gasteiger partial charge on any atom is -0.504 e. The number of phenols is 1. The second kappa shape index (κ2) is 7.98. The number of hydrogen-bond donors (Lipinski definition) is 3. The maximum atomic E-state index is 12.4. The highest BCUT2D eigenvalue weighted by Gasteiger charge is 2.11. The average molecular weight is 350 g/mol. The first kappa shape index (κ1) is 17.2. The molecule has 7 heteroatoms. The number of ether oxygens (including phenoxy) is 1. The zero-order valence-corrected chi connectivity index (χ0v) is 14.1. The van der Waals surface area contributed by atoms with Crippen molar-refractivity contribution in [3.8, 4) is 11.5 Å². The third kappa shape index (κ3) is 4.07. The largest absolute Gasteiger partial charge is 0.504 e. The van der Waals surface area contributed by atoms with E-state index in [9.17, 15) is 9.90 Å². The van der Waals surface area contributed by atoms with Crippen LogP contribution in [0.1, 0.15) is 27.2 Å². The molecule has 0 aliphatic rings. The van der Waals surface area contributed by atoms with Crippen LogP contribution < -0.4 is 10.2 Å². The third-order valence-corrected chi connectivity index (χ3v) is 3.78. The van der Waals surface area contributed by atoms with Gasteiger partial charge in [-0.25, -0.2) is 10.4 Å². The number of nitrogens with zero attached hydrogens (tertiary/aromatic N) is 2. The van der Waals surface area contributed by atoms with Gasteiger partial charge < -0.3 is 14.8 Å². The molecule has 1 heterocycles. The van der Waals surface area contributed by atoms with Crippen LogP contribution in [-0.2, 0) is 6.42 Å². The molecule has 0 saturated heterocycles. The predicted octanol–water partition coefficient (Wildman–Crippen LogP) is 2.48. The Hall–Kier alpha value is -3.61. The lowest BCUT2D eigenvalue weighted by atomic mass is 10.0. The molecule has 0 aliphatic carbocycles. The normalized spacial score (nSPS) is 10.8. The summed E-state index contributed by atoms with van der Waals surface area (Å²) in [6.45, 7) is 0. The molecule has 0 unspecified atom stereocenters. The van der Waals surface area contributed by atoms with E-state index in [0.29, 0.717) is 23.3 Å². The van der Waals surface area contributed by atoms with Crippen molar-refractivity contribution < 1.29 is 14.6 Å². The molecule has 0 atom stereocenters. The van der Waals surface area contributed by atoms with Crippen molar-refractivity contribution in [1.82, 2.24) is 15.4 Å². The van der Waals surface area contributed by atoms with E-state index in [0.717, 1.165) is 11.3 Å². The van der Waals surface area contributed by atoms with Crippen LogP contribution in [0.15, 0.2) is 60.1 Å². The number of H-pyrrole nitrogens is 1. The lowest BCUT2D eigenvalue weighted by Crippen LogP contribution is -2.19. The van der Waals surface area contributed by atoms with E-state index < -0.39 is 0 Å². The molecular formula is C19H18N4O3. The number of carbonyl (C=O) groups is 1. The molecule has 0 spiro atoms. The van der Waals surface area contributed by atoms with E-state index in [2.05, 4.69) is 20.5 Å². The molecule has 3 rings (SSSR count). The second-order valence-corrected chi connectivity index (χ2v) is 5.54. The third-order valence-electron chi connectivity index (χ3n) is 3.78. The molecule has 0 aliphatic heterocycles. The van der Waals surface area contributed by atoms with Gasteiger partial charge in [-0.15, -0.1) is 0 Å². The minimum absolute atomic E-state index is 0.00711. The Kier molecular flexibility index (Phi) is 5.28. The van der Waals surface area contributed by atoms with Gasteiger partial charge in [-0.3, -0.25) is 4.79 Å². The van der Waals surface area contributed by atoms with Gasteiger partial charge in [0.05, 0.1) is 19.7 Å².